The van der Waals surface area contributed by atoms with Gasteiger partial charge in [-0.3, -0.25) is 4.79 Å². The number of aromatic nitrogens is 2. The van der Waals surface area contributed by atoms with Crippen molar-refractivity contribution < 1.29 is 14.3 Å². The van der Waals surface area contributed by atoms with E-state index in [1.54, 1.807) is 0 Å². The second-order valence-electron chi connectivity index (χ2n) is 4.08. The van der Waals surface area contributed by atoms with Crippen molar-refractivity contribution in [3.05, 3.63) is 34.6 Å². The summed E-state index contributed by atoms with van der Waals surface area (Å²) >= 11 is 3.43. The lowest BCUT2D eigenvalue weighted by molar-refractivity contribution is -0.137. The van der Waals surface area contributed by atoms with Gasteiger partial charge < -0.3 is 9.52 Å². The summed E-state index contributed by atoms with van der Waals surface area (Å²) in [5.74, 6) is 0.233. The third-order valence-electron chi connectivity index (χ3n) is 2.60. The van der Waals surface area contributed by atoms with Crippen molar-refractivity contribution in [1.29, 1.82) is 0 Å². The number of aryl methyl sites for hydroxylation is 1. The first kappa shape index (κ1) is 13.7. The van der Waals surface area contributed by atoms with Crippen LogP contribution in [0.1, 0.15) is 25.2 Å². The minimum Gasteiger partial charge on any atom is -0.481 e. The van der Waals surface area contributed by atoms with Gasteiger partial charge in [0.1, 0.15) is 0 Å². The monoisotopic (exact) mass is 324 g/mol. The molecule has 1 heterocycles. The molecule has 0 amide bonds. The Kier molecular flexibility index (Phi) is 4.68. The maximum absolute atomic E-state index is 10.4. The van der Waals surface area contributed by atoms with Gasteiger partial charge in [0.2, 0.25) is 11.8 Å². The predicted octanol–water partition coefficient (Wildman–Crippen LogP) is 3.30. The second-order valence-corrected chi connectivity index (χ2v) is 4.94. The van der Waals surface area contributed by atoms with E-state index in [9.17, 15) is 4.79 Å². The van der Waals surface area contributed by atoms with Crippen LogP contribution in [-0.4, -0.2) is 21.3 Å². The van der Waals surface area contributed by atoms with Crippen LogP contribution in [0.15, 0.2) is 33.2 Å². The highest BCUT2D eigenvalue weighted by Crippen LogP contribution is 2.26. The van der Waals surface area contributed by atoms with Crippen LogP contribution in [-0.2, 0) is 11.2 Å². The second kappa shape index (κ2) is 6.47. The highest BCUT2D eigenvalue weighted by atomic mass is 79.9. The summed E-state index contributed by atoms with van der Waals surface area (Å²) in [6.07, 6.45) is 2.11. The number of benzene rings is 1. The molecule has 0 saturated carbocycles. The third-order valence-corrected chi connectivity index (χ3v) is 3.29. The molecule has 0 radical (unpaired) electrons. The van der Waals surface area contributed by atoms with Crippen LogP contribution < -0.4 is 0 Å². The first-order valence-electron chi connectivity index (χ1n) is 5.96. The Balaban J connectivity index is 1.96. The normalized spacial score (nSPS) is 10.6. The van der Waals surface area contributed by atoms with Crippen molar-refractivity contribution in [3.63, 3.8) is 0 Å². The number of nitrogens with zero attached hydrogens (tertiary/aromatic N) is 2. The fourth-order valence-corrected chi connectivity index (χ4v) is 2.10. The Hall–Kier alpha value is -1.69. The van der Waals surface area contributed by atoms with Crippen molar-refractivity contribution in [2.45, 2.75) is 25.7 Å². The zero-order valence-corrected chi connectivity index (χ0v) is 11.8. The SMILES string of the molecule is O=C(O)CCCCc1nnc(-c2ccccc2Br)o1. The molecular weight excluding hydrogens is 312 g/mol. The summed E-state index contributed by atoms with van der Waals surface area (Å²) < 4.78 is 6.46. The van der Waals surface area contributed by atoms with E-state index in [2.05, 4.69) is 26.1 Å². The number of unbranched alkanes of at least 4 members (excludes halogenated alkanes) is 1. The molecule has 0 aliphatic heterocycles. The smallest absolute Gasteiger partial charge is 0.303 e. The first-order chi connectivity index (χ1) is 9.16. The summed E-state index contributed by atoms with van der Waals surface area (Å²) in [7, 11) is 0. The fourth-order valence-electron chi connectivity index (χ4n) is 1.65. The quantitative estimate of drug-likeness (QED) is 0.825. The first-order valence-corrected chi connectivity index (χ1v) is 6.75. The van der Waals surface area contributed by atoms with Gasteiger partial charge in [-0.25, -0.2) is 0 Å². The molecule has 0 fully saturated rings. The van der Waals surface area contributed by atoms with Crippen molar-refractivity contribution >= 4 is 21.9 Å². The van der Waals surface area contributed by atoms with Gasteiger partial charge in [-0.2, -0.15) is 0 Å². The van der Waals surface area contributed by atoms with E-state index in [0.717, 1.165) is 16.5 Å². The standard InChI is InChI=1S/C13H13BrN2O3/c14-10-6-2-1-5-9(10)13-16-15-11(19-13)7-3-4-8-12(17)18/h1-2,5-6H,3-4,7-8H2,(H,17,18). The van der Waals surface area contributed by atoms with Crippen LogP contribution in [0.3, 0.4) is 0 Å². The molecular formula is C13H13BrN2O3. The minimum absolute atomic E-state index is 0.172. The number of halogens is 1. The van der Waals surface area contributed by atoms with Crippen molar-refractivity contribution in [1.82, 2.24) is 10.2 Å². The van der Waals surface area contributed by atoms with Crippen LogP contribution in [0, 0.1) is 0 Å². The van der Waals surface area contributed by atoms with Crippen LogP contribution in [0.4, 0.5) is 0 Å². The Labute approximate surface area is 118 Å². The summed E-state index contributed by atoms with van der Waals surface area (Å²) in [4.78, 5) is 10.4. The van der Waals surface area contributed by atoms with Gasteiger partial charge in [-0.1, -0.05) is 12.1 Å². The number of aliphatic carboxylic acids is 1. The largest absolute Gasteiger partial charge is 0.481 e. The van der Waals surface area contributed by atoms with Crippen LogP contribution >= 0.6 is 15.9 Å². The zero-order chi connectivity index (χ0) is 13.7. The molecule has 1 aromatic heterocycles. The molecule has 1 N–H and O–H groups in total. The number of hydrogen-bond donors (Lipinski definition) is 1. The molecule has 0 saturated heterocycles. The lowest BCUT2D eigenvalue weighted by Crippen LogP contribution is -1.95. The molecule has 0 atom stereocenters. The van der Waals surface area contributed by atoms with Gasteiger partial charge >= 0.3 is 5.97 Å². The molecule has 2 aromatic rings. The highest BCUT2D eigenvalue weighted by Gasteiger charge is 2.11. The number of carbonyl (C=O) groups is 1. The van der Waals surface area contributed by atoms with E-state index >= 15 is 0 Å². The van der Waals surface area contributed by atoms with Gasteiger partial charge in [0.15, 0.2) is 0 Å². The minimum atomic E-state index is -0.778. The molecule has 0 aliphatic carbocycles. The third kappa shape index (κ3) is 3.89. The Bertz CT molecular complexity index is 569. The van der Waals surface area contributed by atoms with Gasteiger partial charge in [-0.15, -0.1) is 10.2 Å². The molecule has 19 heavy (non-hydrogen) atoms. The van der Waals surface area contributed by atoms with Gasteiger partial charge in [0.25, 0.3) is 0 Å². The van der Waals surface area contributed by atoms with E-state index in [1.165, 1.54) is 0 Å². The maximum atomic E-state index is 10.4. The van der Waals surface area contributed by atoms with Crippen LogP contribution in [0.5, 0.6) is 0 Å². The topological polar surface area (TPSA) is 76.2 Å². The maximum Gasteiger partial charge on any atom is 0.303 e. The molecule has 2 rings (SSSR count). The predicted molar refractivity (Wildman–Crippen MR) is 72.6 cm³/mol. The highest BCUT2D eigenvalue weighted by molar-refractivity contribution is 9.10. The molecule has 5 nitrogen and oxygen atoms in total. The Morgan fingerprint density at radius 2 is 2.05 bits per heavy atom. The van der Waals surface area contributed by atoms with E-state index in [0.29, 0.717) is 24.6 Å². The van der Waals surface area contributed by atoms with Gasteiger partial charge in [-0.05, 0) is 40.9 Å². The molecule has 100 valence electrons. The Morgan fingerprint density at radius 1 is 1.26 bits per heavy atom. The van der Waals surface area contributed by atoms with Gasteiger partial charge in [0.05, 0.1) is 5.56 Å². The molecule has 0 aliphatic rings. The van der Waals surface area contributed by atoms with E-state index in [-0.39, 0.29) is 6.42 Å². The van der Waals surface area contributed by atoms with Crippen molar-refractivity contribution in [2.75, 3.05) is 0 Å². The van der Waals surface area contributed by atoms with Crippen molar-refractivity contribution in [3.8, 4) is 11.5 Å². The number of carboxylic acid groups (broad SMARTS) is 1. The summed E-state index contributed by atoms with van der Waals surface area (Å²) in [5.41, 5.74) is 0.854. The van der Waals surface area contributed by atoms with Crippen LogP contribution in [0.2, 0.25) is 0 Å². The lowest BCUT2D eigenvalue weighted by Gasteiger charge is -1.97. The molecule has 6 heteroatoms. The Morgan fingerprint density at radius 3 is 2.79 bits per heavy atom. The molecule has 0 unspecified atom stereocenters. The van der Waals surface area contributed by atoms with Gasteiger partial charge in [0, 0.05) is 17.3 Å². The summed E-state index contributed by atoms with van der Waals surface area (Å²) in [6, 6.07) is 7.62. The number of carboxylic acids is 1. The zero-order valence-electron chi connectivity index (χ0n) is 10.2. The molecule has 0 spiro atoms. The average Bonchev–Trinajstić information content (AvgIpc) is 2.83. The number of hydrogen-bond acceptors (Lipinski definition) is 4. The van der Waals surface area contributed by atoms with E-state index in [1.807, 2.05) is 24.3 Å². The lowest BCUT2D eigenvalue weighted by atomic mass is 10.2. The van der Waals surface area contributed by atoms with E-state index < -0.39 is 5.97 Å². The molecule has 0 bridgehead atoms. The molecule has 1 aromatic carbocycles. The summed E-state index contributed by atoms with van der Waals surface area (Å²) in [5, 5.41) is 16.5. The number of rotatable bonds is 6. The van der Waals surface area contributed by atoms with Crippen LogP contribution in [0.25, 0.3) is 11.5 Å². The van der Waals surface area contributed by atoms with E-state index in [4.69, 9.17) is 9.52 Å². The fraction of sp³-hybridized carbons (Fsp3) is 0.308. The summed E-state index contributed by atoms with van der Waals surface area (Å²) in [6.45, 7) is 0. The average molecular weight is 325 g/mol. The van der Waals surface area contributed by atoms with Crippen molar-refractivity contribution in [2.24, 2.45) is 0 Å².